The summed E-state index contributed by atoms with van der Waals surface area (Å²) in [5, 5.41) is 0.223. The van der Waals surface area contributed by atoms with Crippen molar-refractivity contribution in [3.05, 3.63) is 101 Å². The van der Waals surface area contributed by atoms with E-state index in [9.17, 15) is 9.59 Å². The van der Waals surface area contributed by atoms with Gasteiger partial charge < -0.3 is 14.0 Å². The highest BCUT2D eigenvalue weighted by Crippen LogP contribution is 2.32. The Hall–Kier alpha value is -2.88. The van der Waals surface area contributed by atoms with Crippen LogP contribution in [0.3, 0.4) is 0 Å². The molecular formula is C23H22ClO5P. The van der Waals surface area contributed by atoms with Crippen molar-refractivity contribution in [1.82, 2.24) is 0 Å². The average molecular weight is 445 g/mol. The Labute approximate surface area is 182 Å². The molecular weight excluding hydrogens is 423 g/mol. The normalized spacial score (nSPS) is 11.0. The zero-order valence-corrected chi connectivity index (χ0v) is 18.6. The van der Waals surface area contributed by atoms with Crippen LogP contribution in [-0.4, -0.2) is 18.9 Å². The first kappa shape index (κ1) is 23.4. The smallest absolute Gasteiger partial charge is 0.321 e. The van der Waals surface area contributed by atoms with Gasteiger partial charge in [0, 0.05) is 0 Å². The van der Waals surface area contributed by atoms with E-state index in [-0.39, 0.29) is 17.2 Å². The van der Waals surface area contributed by atoms with E-state index in [0.29, 0.717) is 20.4 Å². The number of Topliss-reactive ketones (excluding diaryl/α,β-unsaturated/α-hetero) is 1. The van der Waals surface area contributed by atoms with E-state index in [1.807, 2.05) is 36.4 Å². The first-order chi connectivity index (χ1) is 14.6. The molecule has 0 spiro atoms. The average Bonchev–Trinajstić information content (AvgIpc) is 2.80. The van der Waals surface area contributed by atoms with Gasteiger partial charge in [0.25, 0.3) is 0 Å². The topological polar surface area (TPSA) is 69.7 Å². The largest absolute Gasteiger partial charge is 0.496 e. The lowest BCUT2D eigenvalue weighted by Crippen LogP contribution is -2.25. The van der Waals surface area contributed by atoms with Crippen LogP contribution in [0.15, 0.2) is 78.9 Å². The minimum atomic E-state index is -1.14. The molecule has 0 aliphatic heterocycles. The summed E-state index contributed by atoms with van der Waals surface area (Å²) < 4.78 is 19.0. The molecule has 0 amide bonds. The molecule has 7 heteroatoms. The van der Waals surface area contributed by atoms with Crippen molar-refractivity contribution in [3.63, 3.8) is 0 Å². The molecule has 0 aliphatic rings. The van der Waals surface area contributed by atoms with E-state index in [0.717, 1.165) is 5.56 Å². The summed E-state index contributed by atoms with van der Waals surface area (Å²) in [4.78, 5) is 26.2. The number of hydrogen-bond acceptors (Lipinski definition) is 5. The maximum atomic E-state index is 13.3. The van der Waals surface area contributed by atoms with Gasteiger partial charge in [0.05, 0.1) is 26.8 Å². The number of methoxy groups -OCH3 is 1. The van der Waals surface area contributed by atoms with Gasteiger partial charge in [-0.25, -0.2) is 0 Å². The second kappa shape index (κ2) is 12.0. The summed E-state index contributed by atoms with van der Waals surface area (Å²) in [6.45, 7) is 0.0793. The fraction of sp³-hybridized carbons (Fsp3) is 0.130. The summed E-state index contributed by atoms with van der Waals surface area (Å²) in [7, 11) is 2.06. The second-order valence-electron chi connectivity index (χ2n) is 6.12. The summed E-state index contributed by atoms with van der Waals surface area (Å²) in [6, 6.07) is 23.0. The first-order valence-corrected chi connectivity index (χ1v) is 9.98. The number of carbonyl (C=O) groups is 2. The lowest BCUT2D eigenvalue weighted by atomic mass is 9.90. The minimum Gasteiger partial charge on any atom is -0.496 e. The maximum Gasteiger partial charge on any atom is 0.321 e. The highest BCUT2D eigenvalue weighted by molar-refractivity contribution is 7.00. The fourth-order valence-corrected chi connectivity index (χ4v) is 3.17. The van der Waals surface area contributed by atoms with Gasteiger partial charge in [-0.15, -0.1) is 0 Å². The van der Waals surface area contributed by atoms with Crippen molar-refractivity contribution in [1.29, 1.82) is 0 Å². The number of ketones is 1. The molecule has 0 saturated heterocycles. The number of ether oxygens (including phenoxy) is 2. The predicted octanol–water partition coefficient (Wildman–Crippen LogP) is 5.00. The summed E-state index contributed by atoms with van der Waals surface area (Å²) in [6.07, 6.45) is 0. The highest BCUT2D eigenvalue weighted by Gasteiger charge is 2.33. The van der Waals surface area contributed by atoms with Crippen LogP contribution in [0.2, 0.25) is 5.02 Å². The number of esters is 1. The van der Waals surface area contributed by atoms with Gasteiger partial charge in [-0.2, -0.15) is 0 Å². The van der Waals surface area contributed by atoms with Crippen LogP contribution in [0.25, 0.3) is 0 Å². The van der Waals surface area contributed by atoms with Gasteiger partial charge in [-0.05, 0) is 23.3 Å². The third-order valence-corrected chi connectivity index (χ3v) is 4.61. The van der Waals surface area contributed by atoms with Crippen LogP contribution in [0.5, 0.6) is 5.75 Å². The van der Waals surface area contributed by atoms with Crippen LogP contribution in [0.4, 0.5) is 0 Å². The SMILES string of the molecule is COc1cccc(Cl)c1C(=O)C(C(=O)OCc1ccccc1)c1ccccc1.O=[PH3]. The molecule has 3 aromatic carbocycles. The van der Waals surface area contributed by atoms with Crippen molar-refractivity contribution in [3.8, 4) is 5.75 Å². The molecule has 30 heavy (non-hydrogen) atoms. The Morgan fingerprint density at radius 2 is 1.50 bits per heavy atom. The molecule has 0 aliphatic carbocycles. The monoisotopic (exact) mass is 444 g/mol. The summed E-state index contributed by atoms with van der Waals surface area (Å²) in [5.41, 5.74) is 1.54. The van der Waals surface area contributed by atoms with E-state index in [1.54, 1.807) is 42.5 Å². The number of benzene rings is 3. The fourth-order valence-electron chi connectivity index (χ4n) is 2.91. The van der Waals surface area contributed by atoms with E-state index < -0.39 is 17.7 Å². The molecule has 0 aromatic heterocycles. The van der Waals surface area contributed by atoms with E-state index in [2.05, 4.69) is 0 Å². The Balaban J connectivity index is 0.00000155. The molecule has 0 radical (unpaired) electrons. The first-order valence-electron chi connectivity index (χ1n) is 9.03. The zero-order valence-electron chi connectivity index (χ0n) is 16.4. The number of rotatable bonds is 7. The van der Waals surface area contributed by atoms with E-state index in [1.165, 1.54) is 7.11 Å². The van der Waals surface area contributed by atoms with Crippen molar-refractivity contribution in [2.24, 2.45) is 0 Å². The van der Waals surface area contributed by atoms with Gasteiger partial charge >= 0.3 is 5.97 Å². The molecule has 0 heterocycles. The van der Waals surface area contributed by atoms with Crippen LogP contribution >= 0.6 is 20.7 Å². The summed E-state index contributed by atoms with van der Waals surface area (Å²) >= 11 is 6.26. The Morgan fingerprint density at radius 1 is 0.900 bits per heavy atom. The molecule has 2 unspecified atom stereocenters. The standard InChI is InChI=1S/C23H19ClO4.H3OP/c1-27-19-14-8-13-18(24)21(19)22(25)20(17-11-6-3-7-12-17)23(26)28-15-16-9-4-2-5-10-16;1-2/h2-14,20H,15H2,1H3;2H3. The van der Waals surface area contributed by atoms with Crippen molar-refractivity contribution >= 4 is 32.5 Å². The van der Waals surface area contributed by atoms with Gasteiger partial charge in [-0.3, -0.25) is 9.59 Å². The highest BCUT2D eigenvalue weighted by atomic mass is 35.5. The van der Waals surface area contributed by atoms with Gasteiger partial charge in [0.2, 0.25) is 0 Å². The predicted molar refractivity (Wildman–Crippen MR) is 120 cm³/mol. The second-order valence-corrected chi connectivity index (χ2v) is 6.53. The van der Waals surface area contributed by atoms with Gasteiger partial charge in [0.1, 0.15) is 18.3 Å². The molecule has 0 bridgehead atoms. The third-order valence-electron chi connectivity index (χ3n) is 4.30. The number of hydrogen-bond donors (Lipinski definition) is 0. The number of carbonyl (C=O) groups excluding carboxylic acids is 2. The van der Waals surface area contributed by atoms with Gasteiger partial charge in [-0.1, -0.05) is 78.3 Å². The Bertz CT molecular complexity index is 979. The maximum absolute atomic E-state index is 13.3. The molecule has 2 atom stereocenters. The lowest BCUT2D eigenvalue weighted by molar-refractivity contribution is -0.145. The zero-order chi connectivity index (χ0) is 21.9. The van der Waals surface area contributed by atoms with Crippen molar-refractivity contribution in [2.75, 3.05) is 7.11 Å². The molecule has 156 valence electrons. The van der Waals surface area contributed by atoms with Crippen molar-refractivity contribution < 1.29 is 23.6 Å². The van der Waals surface area contributed by atoms with Crippen LogP contribution in [-0.2, 0) is 20.7 Å². The third kappa shape index (κ3) is 5.82. The van der Waals surface area contributed by atoms with Crippen molar-refractivity contribution in [2.45, 2.75) is 12.5 Å². The van der Waals surface area contributed by atoms with Crippen LogP contribution in [0, 0.1) is 0 Å². The summed E-state index contributed by atoms with van der Waals surface area (Å²) in [5.74, 6) is -1.93. The van der Waals surface area contributed by atoms with Crippen LogP contribution in [0.1, 0.15) is 27.4 Å². The van der Waals surface area contributed by atoms with Gasteiger partial charge in [0.15, 0.2) is 5.78 Å². The molecule has 0 fully saturated rings. The molecule has 3 aromatic rings. The molecule has 0 N–H and O–H groups in total. The minimum absolute atomic E-state index is 0.0793. The lowest BCUT2D eigenvalue weighted by Gasteiger charge is -2.18. The Kier molecular flexibility index (Phi) is 9.33. The number of halogens is 1. The molecule has 3 rings (SSSR count). The van der Waals surface area contributed by atoms with Crippen LogP contribution < -0.4 is 4.74 Å². The molecule has 0 saturated carbocycles. The quantitative estimate of drug-likeness (QED) is 0.222. The Morgan fingerprint density at radius 3 is 2.10 bits per heavy atom. The van der Waals surface area contributed by atoms with E-state index in [4.69, 9.17) is 25.6 Å². The van der Waals surface area contributed by atoms with E-state index >= 15 is 0 Å². The molecule has 5 nitrogen and oxygen atoms in total.